The summed E-state index contributed by atoms with van der Waals surface area (Å²) in [5, 5.41) is 0. The van der Waals surface area contributed by atoms with E-state index in [-0.39, 0.29) is 5.56 Å². The predicted molar refractivity (Wildman–Crippen MR) is 52.9 cm³/mol. The minimum atomic E-state index is 0.0442. The van der Waals surface area contributed by atoms with E-state index in [1.54, 1.807) is 10.6 Å². The van der Waals surface area contributed by atoms with Crippen molar-refractivity contribution in [3.63, 3.8) is 0 Å². The summed E-state index contributed by atoms with van der Waals surface area (Å²) >= 11 is 0. The lowest BCUT2D eigenvalue weighted by Gasteiger charge is -2.10. The molecule has 0 unspecified atom stereocenters. The van der Waals surface area contributed by atoms with Crippen LogP contribution in [-0.4, -0.2) is 11.2 Å². The zero-order valence-corrected chi connectivity index (χ0v) is 8.03. The number of pyridine rings is 1. The highest BCUT2D eigenvalue weighted by Gasteiger charge is 2.14. The van der Waals surface area contributed by atoms with Gasteiger partial charge in [-0.05, 0) is 24.8 Å². The van der Waals surface area contributed by atoms with Crippen LogP contribution in [0.2, 0.25) is 0 Å². The van der Waals surface area contributed by atoms with Crippen LogP contribution in [-0.2, 0) is 24.2 Å². The summed E-state index contributed by atoms with van der Waals surface area (Å²) in [4.78, 5) is 16.1. The zero-order chi connectivity index (χ0) is 9.97. The van der Waals surface area contributed by atoms with Crippen LogP contribution in [0.5, 0.6) is 0 Å². The fourth-order valence-electron chi connectivity index (χ4n) is 2.02. The average molecular weight is 194 g/mol. The lowest BCUT2D eigenvalue weighted by atomic mass is 10.2. The fourth-order valence-corrected chi connectivity index (χ4v) is 2.02. The third kappa shape index (κ3) is 1.58. The molecule has 1 aromatic rings. The van der Waals surface area contributed by atoms with E-state index in [4.69, 9.17) is 5.90 Å². The number of fused-ring (bicyclic) bond motifs is 1. The number of hydrogen-bond donors (Lipinski definition) is 1. The number of hydrogen-bond acceptors (Lipinski definition) is 3. The third-order valence-electron chi connectivity index (χ3n) is 2.68. The number of nitrogens with two attached hydrogens (primary N) is 1. The molecule has 0 radical (unpaired) electrons. The second-order valence-electron chi connectivity index (χ2n) is 3.52. The summed E-state index contributed by atoms with van der Waals surface area (Å²) in [5.41, 5.74) is 2.50. The van der Waals surface area contributed by atoms with Crippen molar-refractivity contribution < 1.29 is 4.84 Å². The molecule has 1 aliphatic carbocycles. The van der Waals surface area contributed by atoms with E-state index in [0.717, 1.165) is 25.0 Å². The Balaban J connectivity index is 2.36. The van der Waals surface area contributed by atoms with Crippen molar-refractivity contribution >= 4 is 0 Å². The van der Waals surface area contributed by atoms with Gasteiger partial charge in [0.15, 0.2) is 0 Å². The van der Waals surface area contributed by atoms with Crippen molar-refractivity contribution in [2.45, 2.75) is 25.8 Å². The second kappa shape index (κ2) is 3.94. The predicted octanol–water partition coefficient (Wildman–Crippen LogP) is 0.227. The summed E-state index contributed by atoms with van der Waals surface area (Å²) in [6, 6.07) is 3.56. The Kier molecular flexibility index (Phi) is 2.65. The van der Waals surface area contributed by atoms with Crippen molar-refractivity contribution in [1.29, 1.82) is 0 Å². The van der Waals surface area contributed by atoms with Crippen molar-refractivity contribution in [2.75, 3.05) is 6.61 Å². The van der Waals surface area contributed by atoms with Gasteiger partial charge in [0.1, 0.15) is 0 Å². The maximum absolute atomic E-state index is 11.6. The van der Waals surface area contributed by atoms with Crippen LogP contribution in [0, 0.1) is 0 Å². The fraction of sp³-hybridized carbons (Fsp3) is 0.500. The molecule has 2 N–H and O–H groups in total. The molecule has 76 valence electrons. The van der Waals surface area contributed by atoms with E-state index in [2.05, 4.69) is 4.84 Å². The number of aromatic nitrogens is 1. The Morgan fingerprint density at radius 2 is 2.29 bits per heavy atom. The standard InChI is InChI=1S/C10H14N2O2/c11-14-7-6-12-9-3-1-2-8(9)4-5-10(12)13/h4-5H,1-3,6-7,11H2. The second-order valence-corrected chi connectivity index (χ2v) is 3.52. The molecule has 1 aromatic heterocycles. The van der Waals surface area contributed by atoms with Gasteiger partial charge in [-0.25, -0.2) is 5.90 Å². The molecule has 0 aromatic carbocycles. The Morgan fingerprint density at radius 3 is 3.07 bits per heavy atom. The molecule has 1 heterocycles. The summed E-state index contributed by atoms with van der Waals surface area (Å²) in [6.45, 7) is 0.939. The maximum atomic E-state index is 11.6. The van der Waals surface area contributed by atoms with E-state index in [1.165, 1.54) is 5.56 Å². The normalized spacial score (nSPS) is 14.4. The first-order chi connectivity index (χ1) is 6.83. The van der Waals surface area contributed by atoms with E-state index in [0.29, 0.717) is 13.2 Å². The number of rotatable bonds is 3. The van der Waals surface area contributed by atoms with Gasteiger partial charge in [0, 0.05) is 11.8 Å². The van der Waals surface area contributed by atoms with Gasteiger partial charge in [0.05, 0.1) is 13.2 Å². The average Bonchev–Trinajstić information content (AvgIpc) is 2.64. The van der Waals surface area contributed by atoms with Gasteiger partial charge in [-0.1, -0.05) is 6.07 Å². The molecule has 0 amide bonds. The molecule has 4 heteroatoms. The van der Waals surface area contributed by atoms with E-state index in [1.807, 2.05) is 6.07 Å². The van der Waals surface area contributed by atoms with E-state index in [9.17, 15) is 4.79 Å². The molecule has 0 bridgehead atoms. The molecular weight excluding hydrogens is 180 g/mol. The molecule has 0 aliphatic heterocycles. The summed E-state index contributed by atoms with van der Waals surface area (Å²) in [6.07, 6.45) is 3.22. The van der Waals surface area contributed by atoms with Gasteiger partial charge in [-0.15, -0.1) is 0 Å². The Bertz CT molecular complexity index is 384. The largest absolute Gasteiger partial charge is 0.310 e. The quantitative estimate of drug-likeness (QED) is 0.701. The SMILES string of the molecule is NOCCn1c2c(ccc1=O)CCC2. The topological polar surface area (TPSA) is 57.2 Å². The molecule has 14 heavy (non-hydrogen) atoms. The molecule has 0 atom stereocenters. The lowest BCUT2D eigenvalue weighted by Crippen LogP contribution is -2.25. The number of nitrogens with zero attached hydrogens (tertiary/aromatic N) is 1. The smallest absolute Gasteiger partial charge is 0.250 e. The van der Waals surface area contributed by atoms with Gasteiger partial charge in [0.2, 0.25) is 0 Å². The zero-order valence-electron chi connectivity index (χ0n) is 8.03. The monoisotopic (exact) mass is 194 g/mol. The molecule has 4 nitrogen and oxygen atoms in total. The highest BCUT2D eigenvalue weighted by atomic mass is 16.6. The molecule has 2 rings (SSSR count). The first kappa shape index (κ1) is 9.43. The van der Waals surface area contributed by atoms with Crippen LogP contribution in [0.1, 0.15) is 17.7 Å². The molecular formula is C10H14N2O2. The van der Waals surface area contributed by atoms with Gasteiger partial charge >= 0.3 is 0 Å². The van der Waals surface area contributed by atoms with Crippen molar-refractivity contribution in [1.82, 2.24) is 4.57 Å². The van der Waals surface area contributed by atoms with Crippen LogP contribution in [0.25, 0.3) is 0 Å². The van der Waals surface area contributed by atoms with Crippen molar-refractivity contribution in [3.05, 3.63) is 33.7 Å². The van der Waals surface area contributed by atoms with Gasteiger partial charge in [0.25, 0.3) is 5.56 Å². The highest BCUT2D eigenvalue weighted by Crippen LogP contribution is 2.19. The van der Waals surface area contributed by atoms with Crippen LogP contribution >= 0.6 is 0 Å². The van der Waals surface area contributed by atoms with Gasteiger partial charge in [-0.3, -0.25) is 4.79 Å². The molecule has 0 saturated heterocycles. The minimum absolute atomic E-state index is 0.0442. The van der Waals surface area contributed by atoms with Crippen LogP contribution in [0.3, 0.4) is 0 Å². The maximum Gasteiger partial charge on any atom is 0.250 e. The van der Waals surface area contributed by atoms with Gasteiger partial charge in [-0.2, -0.15) is 0 Å². The molecule has 0 fully saturated rings. The molecule has 1 aliphatic rings. The van der Waals surface area contributed by atoms with Crippen molar-refractivity contribution in [3.8, 4) is 0 Å². The molecule has 0 spiro atoms. The summed E-state index contributed by atoms with van der Waals surface area (Å²) in [5.74, 6) is 4.96. The highest BCUT2D eigenvalue weighted by molar-refractivity contribution is 5.25. The Hall–Kier alpha value is -1.13. The summed E-state index contributed by atoms with van der Waals surface area (Å²) in [7, 11) is 0. The summed E-state index contributed by atoms with van der Waals surface area (Å²) < 4.78 is 1.77. The first-order valence-corrected chi connectivity index (χ1v) is 4.86. The lowest BCUT2D eigenvalue weighted by molar-refractivity contribution is 0.128. The Morgan fingerprint density at radius 1 is 1.43 bits per heavy atom. The third-order valence-corrected chi connectivity index (χ3v) is 2.68. The number of aryl methyl sites for hydroxylation is 1. The first-order valence-electron chi connectivity index (χ1n) is 4.86. The van der Waals surface area contributed by atoms with Crippen molar-refractivity contribution in [2.24, 2.45) is 5.90 Å². The molecule has 0 saturated carbocycles. The van der Waals surface area contributed by atoms with Crippen LogP contribution in [0.4, 0.5) is 0 Å². The van der Waals surface area contributed by atoms with Gasteiger partial charge < -0.3 is 9.40 Å². The van der Waals surface area contributed by atoms with Crippen LogP contribution < -0.4 is 11.5 Å². The minimum Gasteiger partial charge on any atom is -0.310 e. The van der Waals surface area contributed by atoms with Crippen LogP contribution in [0.15, 0.2) is 16.9 Å². The van der Waals surface area contributed by atoms with E-state index < -0.39 is 0 Å². The Labute approximate surface area is 82.2 Å². The van der Waals surface area contributed by atoms with E-state index >= 15 is 0 Å².